The van der Waals surface area contributed by atoms with Gasteiger partial charge in [0.15, 0.2) is 11.6 Å². The van der Waals surface area contributed by atoms with Crippen molar-refractivity contribution in [2.75, 3.05) is 33.9 Å². The Labute approximate surface area is 125 Å². The molecule has 5 heteroatoms. The highest BCUT2D eigenvalue weighted by atomic mass is 19.1. The Morgan fingerprint density at radius 3 is 3.05 bits per heavy atom. The van der Waals surface area contributed by atoms with E-state index < -0.39 is 0 Å². The number of morpholine rings is 1. The molecule has 2 saturated heterocycles. The van der Waals surface area contributed by atoms with Crippen molar-refractivity contribution in [3.8, 4) is 5.75 Å². The normalized spacial score (nSPS) is 27.4. The zero-order valence-electron chi connectivity index (χ0n) is 12.6. The molecule has 0 aliphatic carbocycles. The average molecular weight is 294 g/mol. The second-order valence-electron chi connectivity index (χ2n) is 5.82. The summed E-state index contributed by atoms with van der Waals surface area (Å²) in [5.41, 5.74) is 0.901. The Morgan fingerprint density at radius 1 is 1.48 bits per heavy atom. The molecule has 21 heavy (non-hydrogen) atoms. The number of likely N-dealkylation sites (N-methyl/N-ethyl adjacent to an activating group) is 1. The molecule has 0 spiro atoms. The monoisotopic (exact) mass is 294 g/mol. The lowest BCUT2D eigenvalue weighted by molar-refractivity contribution is -0.0643. The van der Waals surface area contributed by atoms with Crippen LogP contribution >= 0.6 is 0 Å². The third-order valence-corrected chi connectivity index (χ3v) is 4.63. The molecular weight excluding hydrogens is 271 g/mol. The van der Waals surface area contributed by atoms with E-state index in [-0.39, 0.29) is 23.7 Å². The van der Waals surface area contributed by atoms with Crippen LogP contribution in [0.15, 0.2) is 18.2 Å². The summed E-state index contributed by atoms with van der Waals surface area (Å²) in [5.74, 6) is -0.0529. The fraction of sp³-hybridized carbons (Fsp3) is 0.625. The number of hydrogen-bond donors (Lipinski definition) is 1. The first-order valence-electron chi connectivity index (χ1n) is 7.59. The van der Waals surface area contributed by atoms with Gasteiger partial charge >= 0.3 is 0 Å². The van der Waals surface area contributed by atoms with Crippen LogP contribution in [0.4, 0.5) is 4.39 Å². The first-order valence-corrected chi connectivity index (χ1v) is 7.59. The molecule has 0 aromatic heterocycles. The fourth-order valence-electron chi connectivity index (χ4n) is 3.49. The van der Waals surface area contributed by atoms with E-state index in [2.05, 4.69) is 10.2 Å². The lowest BCUT2D eigenvalue weighted by Crippen LogP contribution is -2.50. The van der Waals surface area contributed by atoms with Crippen LogP contribution in [0.3, 0.4) is 0 Å². The van der Waals surface area contributed by atoms with Crippen molar-refractivity contribution < 1.29 is 13.9 Å². The largest absolute Gasteiger partial charge is 0.494 e. The van der Waals surface area contributed by atoms with Gasteiger partial charge in [0.1, 0.15) is 0 Å². The molecule has 1 N–H and O–H groups in total. The van der Waals surface area contributed by atoms with Crippen LogP contribution in [0.5, 0.6) is 5.75 Å². The van der Waals surface area contributed by atoms with E-state index >= 15 is 0 Å². The van der Waals surface area contributed by atoms with Crippen LogP contribution in [0, 0.1) is 5.82 Å². The maximum atomic E-state index is 13.9. The molecule has 3 unspecified atom stereocenters. The number of halogens is 1. The van der Waals surface area contributed by atoms with Gasteiger partial charge in [-0.2, -0.15) is 0 Å². The van der Waals surface area contributed by atoms with Gasteiger partial charge in [-0.1, -0.05) is 6.07 Å². The van der Waals surface area contributed by atoms with Gasteiger partial charge in [0.05, 0.1) is 25.9 Å². The predicted octanol–water partition coefficient (Wildman–Crippen LogP) is 1.96. The van der Waals surface area contributed by atoms with Crippen LogP contribution in [0.1, 0.15) is 24.4 Å². The molecule has 2 heterocycles. The van der Waals surface area contributed by atoms with Crippen molar-refractivity contribution in [2.24, 2.45) is 0 Å². The quantitative estimate of drug-likeness (QED) is 0.920. The Hall–Kier alpha value is -1.17. The number of ether oxygens (including phenoxy) is 2. The lowest BCUT2D eigenvalue weighted by Gasteiger charge is -2.39. The second kappa shape index (κ2) is 6.30. The zero-order chi connectivity index (χ0) is 14.8. The summed E-state index contributed by atoms with van der Waals surface area (Å²) in [7, 11) is 3.37. The van der Waals surface area contributed by atoms with E-state index in [0.717, 1.165) is 25.3 Å². The van der Waals surface area contributed by atoms with Crippen molar-refractivity contribution in [2.45, 2.75) is 31.0 Å². The number of nitrogens with zero attached hydrogens (tertiary/aromatic N) is 1. The minimum absolute atomic E-state index is 0.00745. The summed E-state index contributed by atoms with van der Waals surface area (Å²) in [6.45, 7) is 2.84. The molecule has 2 fully saturated rings. The summed E-state index contributed by atoms with van der Waals surface area (Å²) in [6.07, 6.45) is 2.54. The average Bonchev–Trinajstić information content (AvgIpc) is 2.96. The fourth-order valence-corrected chi connectivity index (χ4v) is 3.49. The van der Waals surface area contributed by atoms with E-state index in [1.807, 2.05) is 13.1 Å². The first kappa shape index (κ1) is 14.8. The van der Waals surface area contributed by atoms with E-state index in [4.69, 9.17) is 9.47 Å². The van der Waals surface area contributed by atoms with Gasteiger partial charge in [-0.25, -0.2) is 4.39 Å². The van der Waals surface area contributed by atoms with E-state index in [0.29, 0.717) is 6.04 Å². The number of nitrogens with one attached hydrogen (secondary N) is 1. The van der Waals surface area contributed by atoms with Crippen LogP contribution in [-0.4, -0.2) is 50.9 Å². The molecule has 1 aromatic rings. The van der Waals surface area contributed by atoms with Crippen molar-refractivity contribution in [3.63, 3.8) is 0 Å². The molecule has 116 valence electrons. The van der Waals surface area contributed by atoms with Crippen molar-refractivity contribution >= 4 is 0 Å². The van der Waals surface area contributed by atoms with Gasteiger partial charge < -0.3 is 14.8 Å². The summed E-state index contributed by atoms with van der Waals surface area (Å²) in [6, 6.07) is 5.69. The molecular formula is C16H23FN2O2. The molecule has 0 amide bonds. The minimum atomic E-state index is -0.329. The number of methoxy groups -OCH3 is 1. The van der Waals surface area contributed by atoms with Gasteiger partial charge in [0.2, 0.25) is 0 Å². The lowest BCUT2D eigenvalue weighted by atomic mass is 9.99. The van der Waals surface area contributed by atoms with Gasteiger partial charge in [-0.3, -0.25) is 4.90 Å². The first-order chi connectivity index (χ1) is 10.2. The Kier molecular flexibility index (Phi) is 4.42. The molecule has 3 rings (SSSR count). The Bertz CT molecular complexity index is 497. The highest BCUT2D eigenvalue weighted by Gasteiger charge is 2.36. The second-order valence-corrected chi connectivity index (χ2v) is 5.82. The van der Waals surface area contributed by atoms with Gasteiger partial charge in [0.25, 0.3) is 0 Å². The topological polar surface area (TPSA) is 33.7 Å². The van der Waals surface area contributed by atoms with Crippen LogP contribution in [0.2, 0.25) is 0 Å². The molecule has 3 atom stereocenters. The van der Waals surface area contributed by atoms with Gasteiger partial charge in [0, 0.05) is 12.6 Å². The van der Waals surface area contributed by atoms with E-state index in [9.17, 15) is 4.39 Å². The smallest absolute Gasteiger partial charge is 0.165 e. The highest BCUT2D eigenvalue weighted by Crippen LogP contribution is 2.30. The number of rotatable bonds is 4. The number of fused-ring (bicyclic) bond motifs is 1. The molecule has 0 bridgehead atoms. The summed E-state index contributed by atoms with van der Waals surface area (Å²) in [4.78, 5) is 2.50. The molecule has 0 radical (unpaired) electrons. The van der Waals surface area contributed by atoms with Crippen molar-refractivity contribution in [3.05, 3.63) is 29.6 Å². The van der Waals surface area contributed by atoms with Gasteiger partial charge in [-0.15, -0.1) is 0 Å². The maximum Gasteiger partial charge on any atom is 0.165 e. The van der Waals surface area contributed by atoms with Crippen molar-refractivity contribution in [1.82, 2.24) is 10.2 Å². The van der Waals surface area contributed by atoms with Gasteiger partial charge in [-0.05, 0) is 44.1 Å². The van der Waals surface area contributed by atoms with Crippen molar-refractivity contribution in [1.29, 1.82) is 0 Å². The zero-order valence-corrected chi connectivity index (χ0v) is 12.6. The number of benzene rings is 1. The third kappa shape index (κ3) is 2.91. The number of hydrogen-bond acceptors (Lipinski definition) is 4. The molecule has 4 nitrogen and oxygen atoms in total. The maximum absolute atomic E-state index is 13.9. The summed E-state index contributed by atoms with van der Waals surface area (Å²) < 4.78 is 24.9. The SMILES string of the molecule is CNC(c1ccc(OC)c(F)c1)C1CN2CCCC2CO1. The predicted molar refractivity (Wildman–Crippen MR) is 79.1 cm³/mol. The van der Waals surface area contributed by atoms with E-state index in [1.54, 1.807) is 12.1 Å². The molecule has 0 saturated carbocycles. The van der Waals surface area contributed by atoms with Crippen LogP contribution < -0.4 is 10.1 Å². The standard InChI is InChI=1S/C16H23FN2O2/c1-18-16(11-5-6-14(20-2)13(17)8-11)15-9-19-7-3-4-12(19)10-21-15/h5-6,8,12,15-16,18H,3-4,7,9-10H2,1-2H3. The molecule has 2 aliphatic rings. The van der Waals surface area contributed by atoms with Crippen LogP contribution in [0.25, 0.3) is 0 Å². The van der Waals surface area contributed by atoms with Crippen LogP contribution in [-0.2, 0) is 4.74 Å². The summed E-state index contributed by atoms with van der Waals surface area (Å²) >= 11 is 0. The highest BCUT2D eigenvalue weighted by molar-refractivity contribution is 5.31. The molecule has 1 aromatic carbocycles. The van der Waals surface area contributed by atoms with E-state index in [1.165, 1.54) is 20.0 Å². The summed E-state index contributed by atoms with van der Waals surface area (Å²) in [5, 5.41) is 3.27. The minimum Gasteiger partial charge on any atom is -0.494 e. The Balaban J connectivity index is 1.76. The Morgan fingerprint density at radius 2 is 2.33 bits per heavy atom. The third-order valence-electron chi connectivity index (χ3n) is 4.63. The molecule has 2 aliphatic heterocycles.